The zero-order valence-corrected chi connectivity index (χ0v) is 25.8. The van der Waals surface area contributed by atoms with Gasteiger partial charge < -0.3 is 19.7 Å². The third-order valence-electron chi connectivity index (χ3n) is 7.20. The van der Waals surface area contributed by atoms with E-state index in [9.17, 15) is 32.3 Å². The summed E-state index contributed by atoms with van der Waals surface area (Å²) < 4.78 is 49.7. The molecule has 4 aromatic rings. The van der Waals surface area contributed by atoms with Crippen molar-refractivity contribution in [3.8, 4) is 5.75 Å². The number of hydrogen-bond acceptors (Lipinski definition) is 7. The molecule has 1 saturated heterocycles. The third-order valence-corrected chi connectivity index (χ3v) is 9.08. The molecule has 2 amide bonds. The molecule has 236 valence electrons. The van der Waals surface area contributed by atoms with Gasteiger partial charge in [-0.25, -0.2) is 9.18 Å². The zero-order valence-electron chi connectivity index (χ0n) is 24.9. The van der Waals surface area contributed by atoms with Crippen molar-refractivity contribution in [1.29, 1.82) is 0 Å². The number of phenols is 1. The van der Waals surface area contributed by atoms with E-state index in [-0.39, 0.29) is 48.4 Å². The molecule has 1 aliphatic heterocycles. The maximum atomic E-state index is 13.8. The molecular formula is C32H33FN4O7S. The van der Waals surface area contributed by atoms with Crippen LogP contribution in [0.25, 0.3) is 10.9 Å². The lowest BCUT2D eigenvalue weighted by molar-refractivity contribution is 0.0349. The Kier molecular flexibility index (Phi) is 8.68. The Labute approximate surface area is 259 Å². The minimum absolute atomic E-state index is 0.000894. The Bertz CT molecular complexity index is 1910. The lowest BCUT2D eigenvalue weighted by Crippen LogP contribution is -2.45. The number of fused-ring (bicyclic) bond motifs is 1. The number of ether oxygens (including phenoxy) is 1. The average Bonchev–Trinajstić information content (AvgIpc) is 3.21. The number of aromatic nitrogens is 1. The number of nitrogens with one attached hydrogen (secondary N) is 1. The summed E-state index contributed by atoms with van der Waals surface area (Å²) >= 11 is 0. The van der Waals surface area contributed by atoms with Crippen LogP contribution in [0.1, 0.15) is 42.3 Å². The van der Waals surface area contributed by atoms with E-state index in [0.717, 1.165) is 0 Å². The van der Waals surface area contributed by atoms with Gasteiger partial charge >= 0.3 is 16.3 Å². The van der Waals surface area contributed by atoms with E-state index in [4.69, 9.17) is 4.74 Å². The maximum Gasteiger partial charge on any atom is 0.425 e. The first-order valence-electron chi connectivity index (χ1n) is 14.2. The van der Waals surface area contributed by atoms with Gasteiger partial charge in [0, 0.05) is 32.4 Å². The molecule has 0 radical (unpaired) electrons. The summed E-state index contributed by atoms with van der Waals surface area (Å²) in [6.45, 7) is 4.61. The quantitative estimate of drug-likeness (QED) is 0.311. The van der Waals surface area contributed by atoms with Crippen molar-refractivity contribution in [3.63, 3.8) is 0 Å². The smallest absolute Gasteiger partial charge is 0.425 e. The summed E-state index contributed by atoms with van der Waals surface area (Å²) in [7, 11) is -4.34. The van der Waals surface area contributed by atoms with Crippen LogP contribution < -0.4 is 10.7 Å². The predicted octanol–water partition coefficient (Wildman–Crippen LogP) is 4.14. The van der Waals surface area contributed by atoms with Crippen LogP contribution in [0.15, 0.2) is 83.8 Å². The van der Waals surface area contributed by atoms with Crippen LogP contribution in [0.3, 0.4) is 0 Å². The van der Waals surface area contributed by atoms with Crippen molar-refractivity contribution in [2.75, 3.05) is 6.54 Å². The van der Waals surface area contributed by atoms with Gasteiger partial charge in [-0.05, 0) is 56.2 Å². The highest BCUT2D eigenvalue weighted by Gasteiger charge is 2.48. The van der Waals surface area contributed by atoms with E-state index in [1.165, 1.54) is 51.5 Å². The molecule has 1 unspecified atom stereocenters. The second-order valence-corrected chi connectivity index (χ2v) is 13.5. The molecule has 0 aliphatic carbocycles. The summed E-state index contributed by atoms with van der Waals surface area (Å²) in [5.41, 5.74) is -0.490. The fraction of sp³-hybridized carbons (Fsp3) is 0.281. The Balaban J connectivity index is 1.54. The fourth-order valence-corrected chi connectivity index (χ4v) is 6.83. The van der Waals surface area contributed by atoms with Gasteiger partial charge in [-0.1, -0.05) is 48.5 Å². The Morgan fingerprint density at radius 3 is 2.36 bits per heavy atom. The summed E-state index contributed by atoms with van der Waals surface area (Å²) in [5.74, 6) is -1.56. The van der Waals surface area contributed by atoms with Gasteiger partial charge in [-0.15, -0.1) is 0 Å². The second kappa shape index (κ2) is 12.3. The minimum atomic E-state index is -4.34. The molecule has 2 heterocycles. The van der Waals surface area contributed by atoms with Gasteiger partial charge in [-0.2, -0.15) is 17.0 Å². The monoisotopic (exact) mass is 636 g/mol. The van der Waals surface area contributed by atoms with E-state index < -0.39 is 45.1 Å². The largest absolute Gasteiger partial charge is 0.507 e. The number of phenolic OH excluding ortho intramolecular Hbond substituents is 1. The first-order chi connectivity index (χ1) is 21.2. The van der Waals surface area contributed by atoms with Crippen molar-refractivity contribution in [2.45, 2.75) is 52.0 Å². The highest BCUT2D eigenvalue weighted by Crippen LogP contribution is 2.30. The lowest BCUT2D eigenvalue weighted by atomic mass is 10.1. The molecule has 2 N–H and O–H groups in total. The van der Waals surface area contributed by atoms with Crippen molar-refractivity contribution in [3.05, 3.63) is 112 Å². The van der Waals surface area contributed by atoms with E-state index in [1.54, 1.807) is 51.1 Å². The van der Waals surface area contributed by atoms with Gasteiger partial charge in [0.15, 0.2) is 0 Å². The van der Waals surface area contributed by atoms with Crippen LogP contribution in [-0.4, -0.2) is 56.9 Å². The molecule has 1 aromatic heterocycles. The summed E-state index contributed by atoms with van der Waals surface area (Å²) in [6, 6.07) is 17.8. The standard InChI is InChI=1S/C32H33FN4O7S/c1-32(2,3)44-31(41)37-24(19-36(45(37,42)43)17-22-8-5-4-6-9-22)18-35-20-25(29(39)28-26(35)10-7-11-27(28)38)30(40)34-16-21-12-14-23(33)15-13-21/h4-15,20,24,38H,16-19H2,1-3H3,(H,34,40). The number of aromatic hydroxyl groups is 1. The number of nitrogens with zero attached hydrogens (tertiary/aromatic N) is 3. The predicted molar refractivity (Wildman–Crippen MR) is 165 cm³/mol. The topological polar surface area (TPSA) is 138 Å². The fourth-order valence-electron chi connectivity index (χ4n) is 5.17. The number of rotatable bonds is 7. The van der Waals surface area contributed by atoms with Crippen molar-refractivity contribution in [1.82, 2.24) is 18.5 Å². The van der Waals surface area contributed by atoms with Crippen molar-refractivity contribution < 1.29 is 32.2 Å². The van der Waals surface area contributed by atoms with Gasteiger partial charge in [-0.3, -0.25) is 9.59 Å². The molecule has 1 aliphatic rings. The van der Waals surface area contributed by atoms with Gasteiger partial charge in [0.05, 0.1) is 16.9 Å². The molecular weight excluding hydrogens is 603 g/mol. The molecule has 13 heteroatoms. The van der Waals surface area contributed by atoms with Crippen LogP contribution in [0.4, 0.5) is 9.18 Å². The first-order valence-corrected chi connectivity index (χ1v) is 15.6. The third kappa shape index (κ3) is 6.84. The van der Waals surface area contributed by atoms with Crippen molar-refractivity contribution in [2.24, 2.45) is 0 Å². The number of pyridine rings is 1. The van der Waals surface area contributed by atoms with Crippen LogP contribution in [0, 0.1) is 5.82 Å². The number of benzene rings is 3. The number of amides is 2. The van der Waals surface area contributed by atoms with Gasteiger partial charge in [0.25, 0.3) is 5.91 Å². The Morgan fingerprint density at radius 1 is 1.00 bits per heavy atom. The number of carbonyl (C=O) groups is 2. The molecule has 3 aromatic carbocycles. The highest BCUT2D eigenvalue weighted by molar-refractivity contribution is 7.87. The highest BCUT2D eigenvalue weighted by atomic mass is 32.2. The van der Waals surface area contributed by atoms with Crippen LogP contribution >= 0.6 is 0 Å². The van der Waals surface area contributed by atoms with E-state index in [0.29, 0.717) is 15.4 Å². The molecule has 0 bridgehead atoms. The van der Waals surface area contributed by atoms with E-state index in [2.05, 4.69) is 5.32 Å². The molecule has 1 fully saturated rings. The number of halogens is 1. The molecule has 1 atom stereocenters. The number of hydrogen-bond donors (Lipinski definition) is 2. The summed E-state index contributed by atoms with van der Waals surface area (Å²) in [4.78, 5) is 40.1. The SMILES string of the molecule is CC(C)(C)OC(=O)N1C(Cn2cc(C(=O)NCc3ccc(F)cc3)c(=O)c3c(O)cccc32)CN(Cc2ccccc2)S1(=O)=O. The lowest BCUT2D eigenvalue weighted by Gasteiger charge is -2.27. The van der Waals surface area contributed by atoms with Crippen LogP contribution in [0.2, 0.25) is 0 Å². The van der Waals surface area contributed by atoms with Crippen LogP contribution in [0.5, 0.6) is 5.75 Å². The number of carbonyl (C=O) groups excluding carboxylic acids is 2. The molecule has 45 heavy (non-hydrogen) atoms. The maximum absolute atomic E-state index is 13.8. The average molecular weight is 637 g/mol. The molecule has 0 spiro atoms. The summed E-state index contributed by atoms with van der Waals surface area (Å²) in [5, 5.41) is 13.2. The molecule has 0 saturated carbocycles. The Morgan fingerprint density at radius 2 is 1.69 bits per heavy atom. The van der Waals surface area contributed by atoms with E-state index in [1.807, 2.05) is 6.07 Å². The first kappa shape index (κ1) is 31.7. The van der Waals surface area contributed by atoms with Gasteiger partial charge in [0.1, 0.15) is 22.7 Å². The molecule has 11 nitrogen and oxygen atoms in total. The van der Waals surface area contributed by atoms with Gasteiger partial charge in [0.2, 0.25) is 5.43 Å². The molecule has 5 rings (SSSR count). The Hall–Kier alpha value is -4.75. The van der Waals surface area contributed by atoms with Crippen LogP contribution in [-0.2, 0) is 34.6 Å². The normalized spacial score (nSPS) is 16.5. The van der Waals surface area contributed by atoms with E-state index >= 15 is 0 Å². The van der Waals surface area contributed by atoms with Crippen molar-refractivity contribution >= 4 is 33.1 Å². The second-order valence-electron chi connectivity index (χ2n) is 11.7. The summed E-state index contributed by atoms with van der Waals surface area (Å²) in [6.07, 6.45) is 0.220. The zero-order chi connectivity index (χ0) is 32.5. The minimum Gasteiger partial charge on any atom is -0.507 e.